The van der Waals surface area contributed by atoms with Gasteiger partial charge in [-0.3, -0.25) is 9.59 Å². The molecule has 5 nitrogen and oxygen atoms in total. The molecule has 0 saturated heterocycles. The van der Waals surface area contributed by atoms with Crippen LogP contribution in [0.25, 0.3) is 0 Å². The van der Waals surface area contributed by atoms with Gasteiger partial charge in [0.1, 0.15) is 0 Å². The second-order valence-corrected chi connectivity index (χ2v) is 5.84. The Labute approximate surface area is 158 Å². The van der Waals surface area contributed by atoms with Gasteiger partial charge in [0.2, 0.25) is 0 Å². The largest absolute Gasteiger partial charge is 0.494 e. The molecule has 1 N–H and O–H groups in total. The summed E-state index contributed by atoms with van der Waals surface area (Å²) in [6.45, 7) is 1.31. The standard InChI is InChI=1S/C19H17F4NO4/c1-11(18(26)24-14-6-4-13(5-7-14)19(21,22)23)28-17(25)10-12-3-8-16(27-2)15(20)9-12/h3-9,11H,10H2,1-2H3,(H,24,26)/t11-/m1/s1. The number of halogens is 4. The predicted octanol–water partition coefficient (Wildman–Crippen LogP) is 3.97. The minimum atomic E-state index is -4.48. The zero-order valence-electron chi connectivity index (χ0n) is 15.0. The van der Waals surface area contributed by atoms with Crippen molar-refractivity contribution in [3.05, 3.63) is 59.4 Å². The third-order valence-corrected chi connectivity index (χ3v) is 3.72. The Morgan fingerprint density at radius 3 is 2.29 bits per heavy atom. The van der Waals surface area contributed by atoms with Crippen LogP contribution in [0.1, 0.15) is 18.1 Å². The Morgan fingerprint density at radius 1 is 1.11 bits per heavy atom. The Balaban J connectivity index is 1.91. The number of hydrogen-bond donors (Lipinski definition) is 1. The molecule has 0 aliphatic carbocycles. The Morgan fingerprint density at radius 2 is 1.75 bits per heavy atom. The molecule has 0 saturated carbocycles. The molecule has 28 heavy (non-hydrogen) atoms. The molecule has 2 aromatic rings. The molecule has 0 spiro atoms. The highest BCUT2D eigenvalue weighted by Crippen LogP contribution is 2.29. The van der Waals surface area contributed by atoms with E-state index in [9.17, 15) is 27.2 Å². The first-order chi connectivity index (χ1) is 13.1. The molecule has 1 amide bonds. The molecule has 0 unspecified atom stereocenters. The second kappa shape index (κ2) is 8.73. The van der Waals surface area contributed by atoms with Crippen molar-refractivity contribution in [1.29, 1.82) is 0 Å². The maximum absolute atomic E-state index is 13.6. The number of carbonyl (C=O) groups excluding carboxylic acids is 2. The highest BCUT2D eigenvalue weighted by Gasteiger charge is 2.30. The molecule has 150 valence electrons. The van der Waals surface area contributed by atoms with Gasteiger partial charge in [-0.15, -0.1) is 0 Å². The van der Waals surface area contributed by atoms with Crippen LogP contribution < -0.4 is 10.1 Å². The summed E-state index contributed by atoms with van der Waals surface area (Å²) < 4.78 is 61.0. The molecular weight excluding hydrogens is 382 g/mol. The molecular formula is C19H17F4NO4. The maximum atomic E-state index is 13.6. The van der Waals surface area contributed by atoms with Gasteiger partial charge in [0.25, 0.3) is 5.91 Å². The molecule has 0 fully saturated rings. The van der Waals surface area contributed by atoms with Crippen molar-refractivity contribution < 1.29 is 36.6 Å². The number of alkyl halides is 3. The summed E-state index contributed by atoms with van der Waals surface area (Å²) in [6.07, 6.45) is -5.94. The van der Waals surface area contributed by atoms with E-state index in [1.54, 1.807) is 0 Å². The van der Waals surface area contributed by atoms with Gasteiger partial charge in [-0.25, -0.2) is 4.39 Å². The van der Waals surface area contributed by atoms with Crippen molar-refractivity contribution in [2.24, 2.45) is 0 Å². The van der Waals surface area contributed by atoms with Gasteiger partial charge in [-0.2, -0.15) is 13.2 Å². The number of benzene rings is 2. The molecule has 1 atom stereocenters. The first-order valence-corrected chi connectivity index (χ1v) is 8.10. The van der Waals surface area contributed by atoms with Gasteiger partial charge < -0.3 is 14.8 Å². The number of hydrogen-bond acceptors (Lipinski definition) is 4. The van der Waals surface area contributed by atoms with Crippen molar-refractivity contribution in [3.63, 3.8) is 0 Å². The average molecular weight is 399 g/mol. The zero-order valence-corrected chi connectivity index (χ0v) is 15.0. The number of methoxy groups -OCH3 is 1. The van der Waals surface area contributed by atoms with Crippen LogP contribution in [0.4, 0.5) is 23.2 Å². The van der Waals surface area contributed by atoms with Crippen LogP contribution >= 0.6 is 0 Å². The lowest BCUT2D eigenvalue weighted by Crippen LogP contribution is -2.30. The highest BCUT2D eigenvalue weighted by molar-refractivity contribution is 5.95. The molecule has 0 radical (unpaired) electrons. The SMILES string of the molecule is COc1ccc(CC(=O)O[C@H](C)C(=O)Nc2ccc(C(F)(F)F)cc2)cc1F. The smallest absolute Gasteiger partial charge is 0.416 e. The van der Waals surface area contributed by atoms with Crippen LogP contribution in [0.3, 0.4) is 0 Å². The topological polar surface area (TPSA) is 64.6 Å². The van der Waals surface area contributed by atoms with Crippen molar-refractivity contribution in [2.45, 2.75) is 25.6 Å². The van der Waals surface area contributed by atoms with Gasteiger partial charge in [0, 0.05) is 5.69 Å². The Kier molecular flexibility index (Phi) is 6.61. The normalized spacial score (nSPS) is 12.2. The zero-order chi connectivity index (χ0) is 20.9. The first-order valence-electron chi connectivity index (χ1n) is 8.10. The monoisotopic (exact) mass is 399 g/mol. The number of carbonyl (C=O) groups is 2. The molecule has 0 aliphatic heterocycles. The highest BCUT2D eigenvalue weighted by atomic mass is 19.4. The lowest BCUT2D eigenvalue weighted by Gasteiger charge is -2.14. The van der Waals surface area contributed by atoms with Crippen LogP contribution in [0, 0.1) is 5.82 Å². The van der Waals surface area contributed by atoms with Crippen LogP contribution in [-0.4, -0.2) is 25.1 Å². The van der Waals surface area contributed by atoms with Crippen molar-refractivity contribution >= 4 is 17.6 Å². The van der Waals surface area contributed by atoms with Gasteiger partial charge >= 0.3 is 12.1 Å². The van der Waals surface area contributed by atoms with E-state index in [1.807, 2.05) is 0 Å². The summed E-state index contributed by atoms with van der Waals surface area (Å²) >= 11 is 0. The summed E-state index contributed by atoms with van der Waals surface area (Å²) in [4.78, 5) is 24.0. The summed E-state index contributed by atoms with van der Waals surface area (Å²) in [7, 11) is 1.31. The third-order valence-electron chi connectivity index (χ3n) is 3.72. The van der Waals surface area contributed by atoms with Crippen LogP contribution in [-0.2, 0) is 26.9 Å². The summed E-state index contributed by atoms with van der Waals surface area (Å²) in [5.74, 6) is -2.09. The third kappa shape index (κ3) is 5.70. The van der Waals surface area contributed by atoms with E-state index in [1.165, 1.54) is 26.2 Å². The van der Waals surface area contributed by atoms with Crippen LogP contribution in [0.15, 0.2) is 42.5 Å². The molecule has 0 aromatic heterocycles. The predicted molar refractivity (Wildman–Crippen MR) is 92.3 cm³/mol. The average Bonchev–Trinajstić information content (AvgIpc) is 2.61. The molecule has 9 heteroatoms. The van der Waals surface area contributed by atoms with Crippen molar-refractivity contribution in [2.75, 3.05) is 12.4 Å². The van der Waals surface area contributed by atoms with Crippen molar-refractivity contribution in [3.8, 4) is 5.75 Å². The van der Waals surface area contributed by atoms with E-state index >= 15 is 0 Å². The number of ether oxygens (including phenoxy) is 2. The molecule has 0 heterocycles. The Hall–Kier alpha value is -3.10. The summed E-state index contributed by atoms with van der Waals surface area (Å²) in [5.41, 5.74) is -0.395. The van der Waals surface area contributed by atoms with Gasteiger partial charge in [0.05, 0.1) is 19.1 Å². The molecule has 0 bridgehead atoms. The number of esters is 1. The molecule has 2 rings (SSSR count). The fourth-order valence-corrected chi connectivity index (χ4v) is 2.27. The lowest BCUT2D eigenvalue weighted by molar-refractivity contribution is -0.152. The summed E-state index contributed by atoms with van der Waals surface area (Å²) in [5, 5.41) is 2.35. The minimum Gasteiger partial charge on any atom is -0.494 e. The fraction of sp³-hybridized carbons (Fsp3) is 0.263. The second-order valence-electron chi connectivity index (χ2n) is 5.84. The Bertz CT molecular complexity index is 850. The number of amides is 1. The molecule has 0 aliphatic rings. The summed E-state index contributed by atoms with van der Waals surface area (Å²) in [6, 6.07) is 7.79. The first kappa shape index (κ1) is 21.2. The van der Waals surface area contributed by atoms with E-state index in [2.05, 4.69) is 5.32 Å². The minimum absolute atomic E-state index is 0.0291. The molecule has 2 aromatic carbocycles. The maximum Gasteiger partial charge on any atom is 0.416 e. The quantitative estimate of drug-likeness (QED) is 0.590. The number of rotatable bonds is 6. The van der Waals surface area contributed by atoms with Gasteiger partial charge in [0.15, 0.2) is 17.7 Å². The van der Waals surface area contributed by atoms with Gasteiger partial charge in [-0.1, -0.05) is 6.07 Å². The van der Waals surface area contributed by atoms with Crippen molar-refractivity contribution in [1.82, 2.24) is 0 Å². The van der Waals surface area contributed by atoms with E-state index in [0.717, 1.165) is 30.3 Å². The van der Waals surface area contributed by atoms with Crippen LogP contribution in [0.5, 0.6) is 5.75 Å². The number of nitrogens with one attached hydrogen (secondary N) is 1. The van der Waals surface area contributed by atoms with Gasteiger partial charge in [-0.05, 0) is 48.9 Å². The lowest BCUT2D eigenvalue weighted by atomic mass is 10.1. The number of anilines is 1. The fourth-order valence-electron chi connectivity index (χ4n) is 2.27. The van der Waals surface area contributed by atoms with Crippen LogP contribution in [0.2, 0.25) is 0 Å². The van der Waals surface area contributed by atoms with E-state index < -0.39 is 35.5 Å². The van der Waals surface area contributed by atoms with E-state index in [4.69, 9.17) is 9.47 Å². The van der Waals surface area contributed by atoms with E-state index in [-0.39, 0.29) is 17.9 Å². The van der Waals surface area contributed by atoms with E-state index in [0.29, 0.717) is 5.56 Å².